The molecule has 122 valence electrons. The number of para-hydroxylation sites is 2. The van der Waals surface area contributed by atoms with Crippen molar-refractivity contribution in [3.8, 4) is 0 Å². The Hall–Kier alpha value is -2.82. The summed E-state index contributed by atoms with van der Waals surface area (Å²) in [6.07, 6.45) is 1.76. The molecular formula is C19H19N3O2. The highest BCUT2D eigenvalue weighted by atomic mass is 16.2. The number of hydrogen-bond acceptors (Lipinski definition) is 2. The highest BCUT2D eigenvalue weighted by molar-refractivity contribution is 5.84. The Kier molecular flexibility index (Phi) is 3.49. The number of benzene rings is 2. The molecule has 3 aromatic rings. The van der Waals surface area contributed by atoms with Gasteiger partial charge in [0.25, 0.3) is 0 Å². The van der Waals surface area contributed by atoms with Crippen molar-refractivity contribution in [1.82, 2.24) is 14.9 Å². The number of H-pyrrole nitrogens is 1. The third kappa shape index (κ3) is 2.33. The van der Waals surface area contributed by atoms with Crippen LogP contribution < -0.4 is 11.0 Å². The number of hydrogen-bond donors (Lipinski definition) is 2. The number of fused-ring (bicyclic) bond motifs is 2. The lowest BCUT2D eigenvalue weighted by Crippen LogP contribution is -2.24. The molecule has 0 spiro atoms. The molecule has 4 rings (SSSR count). The number of likely N-dealkylation sites (N-methyl/N-ethyl adjacent to an activating group) is 1. The monoisotopic (exact) mass is 321 g/mol. The molecule has 1 aliphatic rings. The topological polar surface area (TPSA) is 66.9 Å². The van der Waals surface area contributed by atoms with E-state index in [-0.39, 0.29) is 17.5 Å². The number of rotatable bonds is 3. The molecule has 0 aliphatic heterocycles. The Morgan fingerprint density at radius 1 is 1.29 bits per heavy atom. The van der Waals surface area contributed by atoms with Crippen molar-refractivity contribution in [3.63, 3.8) is 0 Å². The van der Waals surface area contributed by atoms with Crippen LogP contribution in [0.25, 0.3) is 11.0 Å². The minimum Gasteiger partial charge on any atom is -0.359 e. The zero-order chi connectivity index (χ0) is 16.7. The van der Waals surface area contributed by atoms with Crippen LogP contribution in [0.3, 0.4) is 0 Å². The van der Waals surface area contributed by atoms with Gasteiger partial charge in [0.05, 0.1) is 23.5 Å². The largest absolute Gasteiger partial charge is 0.359 e. The van der Waals surface area contributed by atoms with Crippen LogP contribution in [0, 0.1) is 0 Å². The van der Waals surface area contributed by atoms with E-state index >= 15 is 0 Å². The number of amides is 1. The number of carbonyl (C=O) groups is 1. The Labute approximate surface area is 139 Å². The van der Waals surface area contributed by atoms with Crippen molar-refractivity contribution in [2.45, 2.75) is 25.3 Å². The second-order valence-electron chi connectivity index (χ2n) is 6.27. The number of carbonyl (C=O) groups excluding carboxylic acids is 1. The first kappa shape index (κ1) is 14.8. The van der Waals surface area contributed by atoms with Crippen molar-refractivity contribution >= 4 is 16.9 Å². The van der Waals surface area contributed by atoms with Crippen molar-refractivity contribution in [2.24, 2.45) is 0 Å². The van der Waals surface area contributed by atoms with Crippen LogP contribution in [0.5, 0.6) is 0 Å². The molecule has 2 N–H and O–H groups in total. The maximum atomic E-state index is 12.2. The summed E-state index contributed by atoms with van der Waals surface area (Å²) in [6.45, 7) is 0.529. The fourth-order valence-corrected chi connectivity index (χ4v) is 3.66. The molecule has 2 aromatic carbocycles. The van der Waals surface area contributed by atoms with E-state index in [0.717, 1.165) is 35.0 Å². The zero-order valence-electron chi connectivity index (χ0n) is 13.5. The highest BCUT2D eigenvalue weighted by Crippen LogP contribution is 2.33. The van der Waals surface area contributed by atoms with Crippen LogP contribution >= 0.6 is 0 Å². The lowest BCUT2D eigenvalue weighted by molar-refractivity contribution is -0.122. The third-order valence-corrected chi connectivity index (χ3v) is 4.87. The predicted octanol–water partition coefficient (Wildman–Crippen LogP) is 2.15. The van der Waals surface area contributed by atoms with Gasteiger partial charge in [-0.25, -0.2) is 4.79 Å². The molecule has 1 heterocycles. The first-order valence-electron chi connectivity index (χ1n) is 8.18. The fraction of sp³-hybridized carbons (Fsp3) is 0.263. The van der Waals surface area contributed by atoms with Crippen LogP contribution in [-0.4, -0.2) is 22.5 Å². The van der Waals surface area contributed by atoms with Crippen LogP contribution in [-0.2, 0) is 17.8 Å². The van der Waals surface area contributed by atoms with Gasteiger partial charge in [-0.1, -0.05) is 30.3 Å². The van der Waals surface area contributed by atoms with Gasteiger partial charge in [0, 0.05) is 7.05 Å². The molecule has 5 nitrogen and oxygen atoms in total. The van der Waals surface area contributed by atoms with Crippen molar-refractivity contribution in [3.05, 3.63) is 69.6 Å². The molecule has 1 amide bonds. The van der Waals surface area contributed by atoms with E-state index in [1.165, 1.54) is 5.56 Å². The number of aromatic amines is 1. The number of aromatic nitrogens is 2. The minimum absolute atomic E-state index is 0.0464. The van der Waals surface area contributed by atoms with Gasteiger partial charge in [-0.15, -0.1) is 0 Å². The summed E-state index contributed by atoms with van der Waals surface area (Å²) in [6, 6.07) is 13.9. The molecule has 1 unspecified atom stereocenters. The molecule has 0 saturated carbocycles. The van der Waals surface area contributed by atoms with Gasteiger partial charge in [-0.3, -0.25) is 9.36 Å². The molecule has 0 radical (unpaired) electrons. The standard InChI is InChI=1S/C19H19N3O2/c1-20-18(23)15-9-7-13-10-12(6-8-14(13)15)11-22-17-5-3-2-4-16(17)21-19(22)24/h2-6,8,10,15H,7,9,11H2,1H3,(H,20,23)(H,21,24). The van der Waals surface area contributed by atoms with Crippen LogP contribution in [0.4, 0.5) is 0 Å². The lowest BCUT2D eigenvalue weighted by Gasteiger charge is -2.11. The van der Waals surface area contributed by atoms with Gasteiger partial charge >= 0.3 is 5.69 Å². The normalized spacial score (nSPS) is 16.3. The van der Waals surface area contributed by atoms with E-state index in [4.69, 9.17) is 0 Å². The Balaban J connectivity index is 1.68. The predicted molar refractivity (Wildman–Crippen MR) is 93.2 cm³/mol. The van der Waals surface area contributed by atoms with Crippen LogP contribution in [0.1, 0.15) is 29.0 Å². The second kappa shape index (κ2) is 5.67. The Bertz CT molecular complexity index is 984. The number of aryl methyl sites for hydroxylation is 1. The highest BCUT2D eigenvalue weighted by Gasteiger charge is 2.27. The summed E-state index contributed by atoms with van der Waals surface area (Å²) in [7, 11) is 1.68. The minimum atomic E-state index is -0.0973. The van der Waals surface area contributed by atoms with Gasteiger partial charge in [0.2, 0.25) is 5.91 Å². The maximum Gasteiger partial charge on any atom is 0.326 e. The molecule has 1 atom stereocenters. The summed E-state index contributed by atoms with van der Waals surface area (Å²) in [5, 5.41) is 2.74. The van der Waals surface area contributed by atoms with Gasteiger partial charge in [0.15, 0.2) is 0 Å². The maximum absolute atomic E-state index is 12.2. The van der Waals surface area contributed by atoms with E-state index < -0.39 is 0 Å². The average molecular weight is 321 g/mol. The zero-order valence-corrected chi connectivity index (χ0v) is 13.5. The number of imidazole rings is 1. The van der Waals surface area contributed by atoms with Crippen LogP contribution in [0.2, 0.25) is 0 Å². The van der Waals surface area contributed by atoms with E-state index in [1.54, 1.807) is 11.6 Å². The van der Waals surface area contributed by atoms with Crippen molar-refractivity contribution in [1.29, 1.82) is 0 Å². The van der Waals surface area contributed by atoms with Gasteiger partial charge < -0.3 is 10.3 Å². The lowest BCUT2D eigenvalue weighted by atomic mass is 9.99. The SMILES string of the molecule is CNC(=O)C1CCc2cc(Cn3c(=O)[nH]c4ccccc43)ccc21. The smallest absolute Gasteiger partial charge is 0.326 e. The van der Waals surface area contributed by atoms with E-state index in [1.807, 2.05) is 36.4 Å². The van der Waals surface area contributed by atoms with E-state index in [0.29, 0.717) is 6.54 Å². The van der Waals surface area contributed by atoms with E-state index in [9.17, 15) is 9.59 Å². The molecule has 5 heteroatoms. The molecule has 0 fully saturated rings. The van der Waals surface area contributed by atoms with Crippen LogP contribution in [0.15, 0.2) is 47.3 Å². The summed E-state index contributed by atoms with van der Waals surface area (Å²) >= 11 is 0. The molecule has 1 aliphatic carbocycles. The van der Waals surface area contributed by atoms with Crippen molar-refractivity contribution < 1.29 is 4.79 Å². The third-order valence-electron chi connectivity index (χ3n) is 4.87. The summed E-state index contributed by atoms with van der Waals surface area (Å²) in [5.74, 6) is 0.0317. The molecule has 0 saturated heterocycles. The number of nitrogens with zero attached hydrogens (tertiary/aromatic N) is 1. The first-order chi connectivity index (χ1) is 11.7. The molecule has 1 aromatic heterocycles. The van der Waals surface area contributed by atoms with Crippen molar-refractivity contribution in [2.75, 3.05) is 7.05 Å². The molecule has 0 bridgehead atoms. The average Bonchev–Trinajstić information content (AvgIpc) is 3.15. The second-order valence-corrected chi connectivity index (χ2v) is 6.27. The van der Waals surface area contributed by atoms with E-state index in [2.05, 4.69) is 16.4 Å². The molecule has 24 heavy (non-hydrogen) atoms. The quantitative estimate of drug-likeness (QED) is 0.776. The summed E-state index contributed by atoms with van der Waals surface area (Å²) in [4.78, 5) is 27.0. The fourth-order valence-electron chi connectivity index (χ4n) is 3.66. The molecular weight excluding hydrogens is 302 g/mol. The Morgan fingerprint density at radius 3 is 2.96 bits per heavy atom. The van der Waals surface area contributed by atoms with Gasteiger partial charge in [-0.2, -0.15) is 0 Å². The summed E-state index contributed by atoms with van der Waals surface area (Å²) in [5.41, 5.74) is 5.08. The summed E-state index contributed by atoms with van der Waals surface area (Å²) < 4.78 is 1.75. The van der Waals surface area contributed by atoms with Gasteiger partial charge in [0.1, 0.15) is 0 Å². The van der Waals surface area contributed by atoms with Gasteiger partial charge in [-0.05, 0) is 41.7 Å². The number of nitrogens with one attached hydrogen (secondary N) is 2. The Morgan fingerprint density at radius 2 is 2.12 bits per heavy atom. The first-order valence-corrected chi connectivity index (χ1v) is 8.18.